The summed E-state index contributed by atoms with van der Waals surface area (Å²) in [7, 11) is 0. The van der Waals surface area contributed by atoms with E-state index in [9.17, 15) is 5.11 Å². The monoisotopic (exact) mass is 178 g/mol. The van der Waals surface area contributed by atoms with Crippen LogP contribution in [0.25, 0.3) is 0 Å². The molecule has 0 saturated heterocycles. The molecule has 66 valence electrons. The summed E-state index contributed by atoms with van der Waals surface area (Å²) in [6.45, 7) is 0. The highest BCUT2D eigenvalue weighted by Gasteiger charge is 2.32. The molecule has 6 heteroatoms. The van der Waals surface area contributed by atoms with Crippen LogP contribution in [0, 0.1) is 0 Å². The summed E-state index contributed by atoms with van der Waals surface area (Å²) in [6, 6.07) is 6.71. The molecule has 0 radical (unpaired) electrons. The first-order chi connectivity index (χ1) is 6.29. The maximum absolute atomic E-state index is 9.40. The molecule has 0 bridgehead atoms. The van der Waals surface area contributed by atoms with Crippen LogP contribution in [0.15, 0.2) is 51.0 Å². The Kier molecular flexibility index (Phi) is 1.75. The molecule has 1 aromatic carbocycles. The van der Waals surface area contributed by atoms with Gasteiger partial charge in [0.25, 0.3) is 0 Å². The lowest BCUT2D eigenvalue weighted by Crippen LogP contribution is -2.28. The van der Waals surface area contributed by atoms with E-state index in [2.05, 4.69) is 20.7 Å². The van der Waals surface area contributed by atoms with E-state index in [4.69, 9.17) is 4.74 Å². The van der Waals surface area contributed by atoms with Gasteiger partial charge in [-0.1, -0.05) is 28.4 Å². The molecule has 2 rings (SSSR count). The van der Waals surface area contributed by atoms with Gasteiger partial charge in [-0.3, -0.25) is 0 Å². The van der Waals surface area contributed by atoms with Crippen LogP contribution in [0.1, 0.15) is 0 Å². The van der Waals surface area contributed by atoms with Gasteiger partial charge < -0.3 is 9.84 Å². The Morgan fingerprint density at radius 3 is 2.31 bits per heavy atom. The number of hydrogen-bond acceptors (Lipinski definition) is 6. The van der Waals surface area contributed by atoms with Crippen molar-refractivity contribution in [2.24, 2.45) is 20.7 Å². The third-order valence-electron chi connectivity index (χ3n) is 1.39. The van der Waals surface area contributed by atoms with E-state index < -0.39 is 6.03 Å². The molecular weight excluding hydrogens is 172 g/mol. The molecule has 1 heterocycles. The van der Waals surface area contributed by atoms with Gasteiger partial charge in [-0.2, -0.15) is 0 Å². The van der Waals surface area contributed by atoms with Crippen molar-refractivity contribution in [2.75, 3.05) is 0 Å². The maximum atomic E-state index is 9.40. The quantitative estimate of drug-likeness (QED) is 0.696. The zero-order chi connectivity index (χ0) is 9.15. The van der Waals surface area contributed by atoms with E-state index in [-0.39, 0.29) is 0 Å². The van der Waals surface area contributed by atoms with Crippen LogP contribution in [-0.4, -0.2) is 11.1 Å². The van der Waals surface area contributed by atoms with E-state index >= 15 is 0 Å². The number of rotatable bonds is 2. The standard InChI is InChI=1S/C7H6N4O2/c12-7(8-10-11-9-7)13-6-4-2-1-3-5-6/h1-5,12H. The molecule has 1 aromatic rings. The van der Waals surface area contributed by atoms with Crippen LogP contribution in [0.3, 0.4) is 0 Å². The van der Waals surface area contributed by atoms with Crippen LogP contribution in [-0.2, 0) is 0 Å². The predicted octanol–water partition coefficient (Wildman–Crippen LogP) is 1.50. The number of benzene rings is 1. The second-order valence-corrected chi connectivity index (χ2v) is 2.37. The normalized spacial score (nSPS) is 17.6. The van der Waals surface area contributed by atoms with Crippen LogP contribution >= 0.6 is 0 Å². The molecule has 0 aliphatic carbocycles. The van der Waals surface area contributed by atoms with Crippen molar-refractivity contribution in [1.29, 1.82) is 0 Å². The van der Waals surface area contributed by atoms with Crippen molar-refractivity contribution in [2.45, 2.75) is 6.03 Å². The van der Waals surface area contributed by atoms with Crippen LogP contribution in [0.5, 0.6) is 5.75 Å². The molecule has 1 aliphatic rings. The summed E-state index contributed by atoms with van der Waals surface area (Å²) in [6.07, 6.45) is 0. The Balaban J connectivity index is 2.15. The SMILES string of the molecule is OC1(Oc2ccccc2)N=NN=N1. The highest BCUT2D eigenvalue weighted by Crippen LogP contribution is 2.22. The zero-order valence-electron chi connectivity index (χ0n) is 6.53. The fourth-order valence-electron chi connectivity index (χ4n) is 0.864. The predicted molar refractivity (Wildman–Crippen MR) is 41.7 cm³/mol. The summed E-state index contributed by atoms with van der Waals surface area (Å²) in [5.74, 6) is 0.449. The summed E-state index contributed by atoms with van der Waals surface area (Å²) >= 11 is 0. The number of ether oxygens (including phenoxy) is 1. The van der Waals surface area contributed by atoms with Crippen LogP contribution in [0.2, 0.25) is 0 Å². The van der Waals surface area contributed by atoms with Gasteiger partial charge in [-0.05, 0) is 22.6 Å². The molecule has 0 fully saturated rings. The zero-order valence-corrected chi connectivity index (χ0v) is 6.53. The number of nitrogens with zero attached hydrogens (tertiary/aromatic N) is 4. The Hall–Kier alpha value is -1.82. The van der Waals surface area contributed by atoms with Crippen molar-refractivity contribution >= 4 is 0 Å². The number of para-hydroxylation sites is 1. The number of hydrogen-bond donors (Lipinski definition) is 1. The average Bonchev–Trinajstić information content (AvgIpc) is 2.54. The minimum absolute atomic E-state index is 0.449. The molecule has 1 aliphatic heterocycles. The number of aliphatic hydroxyl groups is 1. The van der Waals surface area contributed by atoms with Crippen molar-refractivity contribution < 1.29 is 9.84 Å². The fourth-order valence-corrected chi connectivity index (χ4v) is 0.864. The summed E-state index contributed by atoms with van der Waals surface area (Å²) in [4.78, 5) is 0. The molecule has 6 nitrogen and oxygen atoms in total. The lowest BCUT2D eigenvalue weighted by Gasteiger charge is -2.13. The first kappa shape index (κ1) is 7.81. The van der Waals surface area contributed by atoms with Gasteiger partial charge in [0, 0.05) is 0 Å². The molecule has 0 aromatic heterocycles. The first-order valence-corrected chi connectivity index (χ1v) is 3.59. The summed E-state index contributed by atoms with van der Waals surface area (Å²) < 4.78 is 5.00. The molecule has 0 unspecified atom stereocenters. The third-order valence-corrected chi connectivity index (χ3v) is 1.39. The molecule has 0 spiro atoms. The van der Waals surface area contributed by atoms with E-state index in [1.54, 1.807) is 24.3 Å². The van der Waals surface area contributed by atoms with Gasteiger partial charge in [0.05, 0.1) is 0 Å². The first-order valence-electron chi connectivity index (χ1n) is 3.59. The topological polar surface area (TPSA) is 78.9 Å². The van der Waals surface area contributed by atoms with E-state index in [1.807, 2.05) is 6.07 Å². The van der Waals surface area contributed by atoms with E-state index in [1.165, 1.54) is 0 Å². The highest BCUT2D eigenvalue weighted by molar-refractivity contribution is 5.21. The highest BCUT2D eigenvalue weighted by atomic mass is 16.7. The van der Waals surface area contributed by atoms with E-state index in [0.717, 1.165) is 0 Å². The molecule has 1 N–H and O–H groups in total. The third kappa shape index (κ3) is 1.67. The van der Waals surface area contributed by atoms with Gasteiger partial charge >= 0.3 is 6.03 Å². The largest absolute Gasteiger partial charge is 0.460 e. The van der Waals surface area contributed by atoms with Crippen LogP contribution < -0.4 is 4.74 Å². The maximum Gasteiger partial charge on any atom is 0.460 e. The van der Waals surface area contributed by atoms with Gasteiger partial charge in [-0.25, -0.2) is 0 Å². The van der Waals surface area contributed by atoms with Gasteiger partial charge in [0.2, 0.25) is 0 Å². The molecule has 13 heavy (non-hydrogen) atoms. The van der Waals surface area contributed by atoms with Crippen molar-refractivity contribution in [3.63, 3.8) is 0 Å². The average molecular weight is 178 g/mol. The Morgan fingerprint density at radius 2 is 1.69 bits per heavy atom. The van der Waals surface area contributed by atoms with Gasteiger partial charge in [0.1, 0.15) is 5.75 Å². The van der Waals surface area contributed by atoms with Gasteiger partial charge in [0.15, 0.2) is 0 Å². The minimum atomic E-state index is -1.98. The van der Waals surface area contributed by atoms with E-state index in [0.29, 0.717) is 5.75 Å². The second kappa shape index (κ2) is 2.91. The Bertz CT molecular complexity index is 337. The molecule has 0 saturated carbocycles. The molecule has 0 amide bonds. The molecular formula is C7H6N4O2. The summed E-state index contributed by atoms with van der Waals surface area (Å²) in [5, 5.41) is 22.3. The lowest BCUT2D eigenvalue weighted by molar-refractivity contribution is -0.124. The second-order valence-electron chi connectivity index (χ2n) is 2.37. The van der Waals surface area contributed by atoms with Crippen LogP contribution in [0.4, 0.5) is 0 Å². The minimum Gasteiger partial charge on any atom is -0.423 e. The summed E-state index contributed by atoms with van der Waals surface area (Å²) in [5.41, 5.74) is 0. The smallest absolute Gasteiger partial charge is 0.423 e. The van der Waals surface area contributed by atoms with Crippen molar-refractivity contribution in [3.05, 3.63) is 30.3 Å². The van der Waals surface area contributed by atoms with Crippen molar-refractivity contribution in [3.8, 4) is 5.75 Å². The fraction of sp³-hybridized carbons (Fsp3) is 0.143. The Labute approximate surface area is 73.6 Å². The van der Waals surface area contributed by atoms with Crippen molar-refractivity contribution in [1.82, 2.24) is 0 Å². The molecule has 0 atom stereocenters. The van der Waals surface area contributed by atoms with Gasteiger partial charge in [-0.15, -0.1) is 0 Å². The lowest BCUT2D eigenvalue weighted by atomic mass is 10.3. The Morgan fingerprint density at radius 1 is 1.08 bits per heavy atom.